The van der Waals surface area contributed by atoms with Crippen LogP contribution in [0.3, 0.4) is 0 Å². The van der Waals surface area contributed by atoms with Gasteiger partial charge in [-0.05, 0) is 19.4 Å². The quantitative estimate of drug-likeness (QED) is 0.644. The van der Waals surface area contributed by atoms with Gasteiger partial charge in [0, 0.05) is 26.2 Å². The summed E-state index contributed by atoms with van der Waals surface area (Å²) >= 11 is 0. The van der Waals surface area contributed by atoms with E-state index in [1.54, 1.807) is 12.3 Å². The molecule has 0 aliphatic heterocycles. The Morgan fingerprint density at radius 2 is 2.20 bits per heavy atom. The Bertz CT molecular complexity index is 447. The number of nitrogens with zero attached hydrogens (tertiary/aromatic N) is 3. The minimum Gasteiger partial charge on any atom is -0.390 e. The molecule has 0 saturated carbocycles. The Morgan fingerprint density at radius 3 is 2.80 bits per heavy atom. The molecule has 20 heavy (non-hydrogen) atoms. The van der Waals surface area contributed by atoms with Crippen molar-refractivity contribution >= 4 is 5.69 Å². The summed E-state index contributed by atoms with van der Waals surface area (Å²) in [5.74, 6) is 0. The summed E-state index contributed by atoms with van der Waals surface area (Å²) in [5.41, 5.74) is 0.631. The predicted octanol–water partition coefficient (Wildman–Crippen LogP) is 0.450. The maximum atomic E-state index is 12.0. The van der Waals surface area contributed by atoms with E-state index in [1.807, 2.05) is 11.9 Å². The molecule has 1 atom stereocenters. The van der Waals surface area contributed by atoms with E-state index in [9.17, 15) is 9.90 Å². The van der Waals surface area contributed by atoms with Gasteiger partial charge in [-0.3, -0.25) is 4.79 Å². The third kappa shape index (κ3) is 5.30. The topological polar surface area (TPSA) is 70.4 Å². The van der Waals surface area contributed by atoms with Crippen molar-refractivity contribution in [1.82, 2.24) is 15.1 Å². The molecule has 0 fully saturated rings. The van der Waals surface area contributed by atoms with Crippen LogP contribution in [0.5, 0.6) is 0 Å². The second-order valence-corrected chi connectivity index (χ2v) is 5.01. The van der Waals surface area contributed by atoms with Crippen molar-refractivity contribution in [2.45, 2.75) is 39.3 Å². The van der Waals surface area contributed by atoms with Crippen LogP contribution in [0.15, 0.2) is 17.1 Å². The molecule has 0 spiro atoms. The number of aromatic nitrogens is 2. The third-order valence-electron chi connectivity index (χ3n) is 3.05. The SMILES string of the molecule is CCCNCC(O)Cn1ncc(N(C)CCC)cc1=O. The van der Waals surface area contributed by atoms with E-state index in [1.165, 1.54) is 4.68 Å². The molecule has 6 heteroatoms. The number of nitrogens with one attached hydrogen (secondary N) is 1. The number of hydrogen-bond acceptors (Lipinski definition) is 5. The van der Waals surface area contributed by atoms with Gasteiger partial charge in [0.05, 0.1) is 24.5 Å². The van der Waals surface area contributed by atoms with Crippen molar-refractivity contribution in [2.75, 3.05) is 31.6 Å². The third-order valence-corrected chi connectivity index (χ3v) is 3.05. The lowest BCUT2D eigenvalue weighted by molar-refractivity contribution is 0.145. The van der Waals surface area contributed by atoms with Crippen LogP contribution in [0, 0.1) is 0 Å². The average molecular weight is 282 g/mol. The molecule has 6 nitrogen and oxygen atoms in total. The first-order chi connectivity index (χ1) is 9.58. The summed E-state index contributed by atoms with van der Waals surface area (Å²) in [5, 5.41) is 17.1. The molecular weight excluding hydrogens is 256 g/mol. The van der Waals surface area contributed by atoms with Gasteiger partial charge in [-0.15, -0.1) is 0 Å². The highest BCUT2D eigenvalue weighted by atomic mass is 16.3. The fourth-order valence-electron chi connectivity index (χ4n) is 1.94. The van der Waals surface area contributed by atoms with Crippen molar-refractivity contribution in [2.24, 2.45) is 0 Å². The number of aliphatic hydroxyl groups excluding tert-OH is 1. The molecule has 0 bridgehead atoms. The van der Waals surface area contributed by atoms with Crippen molar-refractivity contribution in [3.05, 3.63) is 22.6 Å². The molecule has 0 radical (unpaired) electrons. The number of hydrogen-bond donors (Lipinski definition) is 2. The number of anilines is 1. The molecule has 1 heterocycles. The van der Waals surface area contributed by atoms with Crippen LogP contribution in [-0.2, 0) is 6.54 Å². The van der Waals surface area contributed by atoms with Gasteiger partial charge >= 0.3 is 0 Å². The summed E-state index contributed by atoms with van der Waals surface area (Å²) in [4.78, 5) is 14.0. The second-order valence-electron chi connectivity index (χ2n) is 5.01. The molecule has 2 N–H and O–H groups in total. The van der Waals surface area contributed by atoms with Crippen molar-refractivity contribution in [1.29, 1.82) is 0 Å². The Kier molecular flexibility index (Phi) is 7.25. The Labute approximate surface area is 120 Å². The molecule has 114 valence electrons. The monoisotopic (exact) mass is 282 g/mol. The molecule has 1 aromatic heterocycles. The lowest BCUT2D eigenvalue weighted by Gasteiger charge is -2.18. The summed E-state index contributed by atoms with van der Waals surface area (Å²) in [6.07, 6.45) is 3.10. The standard InChI is InChI=1S/C14H26N4O2/c1-4-6-15-10-13(19)11-18-14(20)8-12(9-16-18)17(3)7-5-2/h8-9,13,15,19H,4-7,10-11H2,1-3H3. The zero-order valence-electron chi connectivity index (χ0n) is 12.7. The summed E-state index contributed by atoms with van der Waals surface area (Å²) in [6, 6.07) is 1.56. The van der Waals surface area contributed by atoms with Crippen LogP contribution >= 0.6 is 0 Å². The molecule has 0 amide bonds. The highest BCUT2D eigenvalue weighted by Gasteiger charge is 2.08. The average Bonchev–Trinajstić information content (AvgIpc) is 2.41. The summed E-state index contributed by atoms with van der Waals surface area (Å²) in [6.45, 7) is 6.59. The van der Waals surface area contributed by atoms with Gasteiger partial charge in [-0.2, -0.15) is 5.10 Å². The lowest BCUT2D eigenvalue weighted by atomic mass is 10.3. The first-order valence-corrected chi connectivity index (χ1v) is 7.25. The normalized spacial score (nSPS) is 12.4. The Balaban J connectivity index is 2.61. The van der Waals surface area contributed by atoms with Crippen molar-refractivity contribution in [3.8, 4) is 0 Å². The van der Waals surface area contributed by atoms with Gasteiger partial charge in [0.2, 0.25) is 0 Å². The Morgan fingerprint density at radius 1 is 1.45 bits per heavy atom. The van der Waals surface area contributed by atoms with Gasteiger partial charge in [0.1, 0.15) is 0 Å². The van der Waals surface area contributed by atoms with Gasteiger partial charge in [0.25, 0.3) is 5.56 Å². The highest BCUT2D eigenvalue weighted by molar-refractivity contribution is 5.41. The van der Waals surface area contributed by atoms with Crippen LogP contribution in [-0.4, -0.2) is 47.7 Å². The van der Waals surface area contributed by atoms with E-state index in [0.29, 0.717) is 6.54 Å². The number of aliphatic hydroxyl groups is 1. The molecule has 1 aromatic rings. The molecule has 1 rings (SSSR count). The summed E-state index contributed by atoms with van der Waals surface area (Å²) in [7, 11) is 1.94. The zero-order chi connectivity index (χ0) is 15.0. The molecule has 0 aromatic carbocycles. The first-order valence-electron chi connectivity index (χ1n) is 7.25. The second kappa shape index (κ2) is 8.71. The molecule has 0 aliphatic carbocycles. The first kappa shape index (κ1) is 16.7. The van der Waals surface area contributed by atoms with E-state index < -0.39 is 6.10 Å². The maximum absolute atomic E-state index is 12.0. The van der Waals surface area contributed by atoms with Crippen molar-refractivity contribution < 1.29 is 5.11 Å². The van der Waals surface area contributed by atoms with Gasteiger partial charge in [-0.1, -0.05) is 13.8 Å². The van der Waals surface area contributed by atoms with Crippen molar-refractivity contribution in [3.63, 3.8) is 0 Å². The van der Waals surface area contributed by atoms with Crippen LogP contribution in [0.4, 0.5) is 5.69 Å². The fourth-order valence-corrected chi connectivity index (χ4v) is 1.94. The van der Waals surface area contributed by atoms with Crippen LogP contribution < -0.4 is 15.8 Å². The minimum atomic E-state index is -0.606. The lowest BCUT2D eigenvalue weighted by Crippen LogP contribution is -2.35. The smallest absolute Gasteiger partial charge is 0.268 e. The van der Waals surface area contributed by atoms with E-state index in [0.717, 1.165) is 31.6 Å². The predicted molar refractivity (Wildman–Crippen MR) is 81.2 cm³/mol. The van der Waals surface area contributed by atoms with E-state index in [4.69, 9.17) is 0 Å². The molecule has 1 unspecified atom stereocenters. The van der Waals surface area contributed by atoms with Crippen LogP contribution in [0.25, 0.3) is 0 Å². The highest BCUT2D eigenvalue weighted by Crippen LogP contribution is 2.07. The maximum Gasteiger partial charge on any atom is 0.268 e. The molecular formula is C14H26N4O2. The van der Waals surface area contributed by atoms with E-state index >= 15 is 0 Å². The fraction of sp³-hybridized carbons (Fsp3) is 0.714. The van der Waals surface area contributed by atoms with E-state index in [-0.39, 0.29) is 12.1 Å². The minimum absolute atomic E-state index is 0.181. The van der Waals surface area contributed by atoms with E-state index in [2.05, 4.69) is 24.3 Å². The number of rotatable bonds is 9. The van der Waals surface area contributed by atoms with Gasteiger partial charge in [0.15, 0.2) is 0 Å². The Hall–Kier alpha value is -1.40. The largest absolute Gasteiger partial charge is 0.390 e. The zero-order valence-corrected chi connectivity index (χ0v) is 12.7. The van der Waals surface area contributed by atoms with Gasteiger partial charge in [-0.25, -0.2) is 4.68 Å². The van der Waals surface area contributed by atoms with Gasteiger partial charge < -0.3 is 15.3 Å². The summed E-state index contributed by atoms with van der Waals surface area (Å²) < 4.78 is 1.31. The van der Waals surface area contributed by atoms with Crippen LogP contribution in [0.2, 0.25) is 0 Å². The molecule has 0 saturated heterocycles. The molecule has 0 aliphatic rings. The van der Waals surface area contributed by atoms with Crippen LogP contribution in [0.1, 0.15) is 26.7 Å².